The van der Waals surface area contributed by atoms with E-state index in [1.165, 1.54) is 36.4 Å². The third-order valence-electron chi connectivity index (χ3n) is 2.80. The number of nitrogens with one attached hydrogen (secondary N) is 1. The second-order valence-corrected chi connectivity index (χ2v) is 8.11. The summed E-state index contributed by atoms with van der Waals surface area (Å²) in [5.74, 6) is -0.0336. The van der Waals surface area contributed by atoms with Crippen LogP contribution in [0.5, 0.6) is 0 Å². The summed E-state index contributed by atoms with van der Waals surface area (Å²) >= 11 is 6.67. The van der Waals surface area contributed by atoms with Crippen LogP contribution in [-0.2, 0) is 16.6 Å². The average molecular weight is 374 g/mol. The van der Waals surface area contributed by atoms with Crippen LogP contribution in [0.3, 0.4) is 0 Å². The Morgan fingerprint density at radius 3 is 2.61 bits per heavy atom. The van der Waals surface area contributed by atoms with Crippen molar-refractivity contribution < 1.29 is 17.3 Å². The molecule has 1 aromatic carbocycles. The summed E-state index contributed by atoms with van der Waals surface area (Å²) in [6.07, 6.45) is 0. The Balaban J connectivity index is 1.71. The fourth-order valence-electron chi connectivity index (χ4n) is 1.71. The van der Waals surface area contributed by atoms with Crippen molar-refractivity contribution in [2.24, 2.45) is 0 Å². The van der Waals surface area contributed by atoms with Crippen molar-refractivity contribution >= 4 is 33.0 Å². The maximum absolute atomic E-state index is 12.9. The van der Waals surface area contributed by atoms with E-state index in [9.17, 15) is 12.8 Å². The summed E-state index contributed by atoms with van der Waals surface area (Å²) in [5.41, 5.74) is 0.564. The maximum atomic E-state index is 12.9. The molecule has 0 unspecified atom stereocenters. The van der Waals surface area contributed by atoms with Gasteiger partial charge in [-0.25, -0.2) is 17.5 Å². The molecule has 0 amide bonds. The van der Waals surface area contributed by atoms with E-state index in [1.807, 2.05) is 0 Å². The second-order valence-electron chi connectivity index (χ2n) is 4.40. The first-order valence-electron chi connectivity index (χ1n) is 6.27. The van der Waals surface area contributed by atoms with Crippen LogP contribution in [0.4, 0.5) is 4.39 Å². The minimum absolute atomic E-state index is 0.0931. The highest BCUT2D eigenvalue weighted by atomic mass is 35.5. The first kappa shape index (κ1) is 16.1. The van der Waals surface area contributed by atoms with E-state index in [0.29, 0.717) is 9.90 Å². The first-order chi connectivity index (χ1) is 10.9. The number of benzene rings is 1. The standard InChI is InChI=1S/C13H9ClFN3O3S2/c14-10-5-6-12(22-10)23(19,20)16-7-11-17-13(18-21-11)8-1-3-9(15)4-2-8/h1-6,16H,7H2. The molecule has 0 aliphatic heterocycles. The van der Waals surface area contributed by atoms with E-state index in [-0.39, 0.29) is 28.3 Å². The monoisotopic (exact) mass is 373 g/mol. The van der Waals surface area contributed by atoms with Gasteiger partial charge < -0.3 is 4.52 Å². The molecular formula is C13H9ClFN3O3S2. The van der Waals surface area contributed by atoms with Gasteiger partial charge in [0, 0.05) is 5.56 Å². The van der Waals surface area contributed by atoms with E-state index in [0.717, 1.165) is 11.3 Å². The van der Waals surface area contributed by atoms with Crippen molar-refractivity contribution in [3.63, 3.8) is 0 Å². The quantitative estimate of drug-likeness (QED) is 0.742. The van der Waals surface area contributed by atoms with Crippen LogP contribution >= 0.6 is 22.9 Å². The Labute approximate surface area is 140 Å². The van der Waals surface area contributed by atoms with Gasteiger partial charge in [0.25, 0.3) is 10.0 Å². The molecule has 120 valence electrons. The normalized spacial score (nSPS) is 11.7. The van der Waals surface area contributed by atoms with Gasteiger partial charge in [-0.3, -0.25) is 0 Å². The first-order valence-corrected chi connectivity index (χ1v) is 8.95. The fraction of sp³-hybridized carbons (Fsp3) is 0.0769. The summed E-state index contributed by atoms with van der Waals surface area (Å²) in [6, 6.07) is 8.46. The van der Waals surface area contributed by atoms with Crippen LogP contribution in [0, 0.1) is 5.82 Å². The smallest absolute Gasteiger partial charge is 0.250 e. The van der Waals surface area contributed by atoms with Crippen LogP contribution in [-0.4, -0.2) is 18.6 Å². The molecular weight excluding hydrogens is 365 g/mol. The molecule has 10 heteroatoms. The number of rotatable bonds is 5. The second kappa shape index (κ2) is 6.36. The molecule has 0 spiro atoms. The summed E-state index contributed by atoms with van der Waals surface area (Å²) in [4.78, 5) is 4.06. The fourth-order valence-corrected chi connectivity index (χ4v) is 4.21. The molecule has 0 bridgehead atoms. The number of hydrogen-bond acceptors (Lipinski definition) is 6. The predicted octanol–water partition coefficient (Wildman–Crippen LogP) is 3.07. The van der Waals surface area contributed by atoms with Crippen LogP contribution < -0.4 is 4.72 Å². The zero-order chi connectivity index (χ0) is 16.4. The number of hydrogen-bond donors (Lipinski definition) is 1. The lowest BCUT2D eigenvalue weighted by atomic mass is 10.2. The van der Waals surface area contributed by atoms with Crippen molar-refractivity contribution in [1.82, 2.24) is 14.9 Å². The van der Waals surface area contributed by atoms with Crippen molar-refractivity contribution in [2.75, 3.05) is 0 Å². The van der Waals surface area contributed by atoms with Crippen LogP contribution in [0.2, 0.25) is 4.34 Å². The Bertz CT molecular complexity index is 922. The third kappa shape index (κ3) is 3.75. The largest absolute Gasteiger partial charge is 0.338 e. The van der Waals surface area contributed by atoms with Crippen LogP contribution in [0.1, 0.15) is 5.89 Å². The molecule has 0 atom stereocenters. The Morgan fingerprint density at radius 2 is 1.96 bits per heavy atom. The van der Waals surface area contributed by atoms with Gasteiger partial charge in [-0.05, 0) is 36.4 Å². The molecule has 0 saturated carbocycles. The number of nitrogens with zero attached hydrogens (tertiary/aromatic N) is 2. The molecule has 2 aromatic heterocycles. The summed E-state index contributed by atoms with van der Waals surface area (Å²) in [5, 5.41) is 3.73. The highest BCUT2D eigenvalue weighted by Crippen LogP contribution is 2.25. The number of aromatic nitrogens is 2. The SMILES string of the molecule is O=S(=O)(NCc1nc(-c2ccc(F)cc2)no1)c1ccc(Cl)s1. The van der Waals surface area contributed by atoms with Crippen molar-refractivity contribution in [2.45, 2.75) is 10.8 Å². The average Bonchev–Trinajstić information content (AvgIpc) is 3.15. The minimum atomic E-state index is -3.69. The zero-order valence-electron chi connectivity index (χ0n) is 11.4. The van der Waals surface area contributed by atoms with E-state index in [1.54, 1.807) is 0 Å². The molecule has 1 N–H and O–H groups in total. The van der Waals surface area contributed by atoms with Gasteiger partial charge in [0.1, 0.15) is 10.0 Å². The van der Waals surface area contributed by atoms with Gasteiger partial charge in [0.15, 0.2) is 0 Å². The lowest BCUT2D eigenvalue weighted by Gasteiger charge is -2.00. The maximum Gasteiger partial charge on any atom is 0.250 e. The van der Waals surface area contributed by atoms with E-state index in [4.69, 9.17) is 16.1 Å². The Morgan fingerprint density at radius 1 is 1.22 bits per heavy atom. The molecule has 23 heavy (non-hydrogen) atoms. The van der Waals surface area contributed by atoms with Gasteiger partial charge >= 0.3 is 0 Å². The van der Waals surface area contributed by atoms with Crippen molar-refractivity contribution in [3.8, 4) is 11.4 Å². The molecule has 6 nitrogen and oxygen atoms in total. The molecule has 3 rings (SSSR count). The van der Waals surface area contributed by atoms with Crippen LogP contribution in [0.25, 0.3) is 11.4 Å². The molecule has 0 fully saturated rings. The van der Waals surface area contributed by atoms with E-state index < -0.39 is 10.0 Å². The molecule has 2 heterocycles. The molecule has 3 aromatic rings. The predicted molar refractivity (Wildman–Crippen MR) is 83.0 cm³/mol. The molecule has 0 aliphatic rings. The van der Waals surface area contributed by atoms with Gasteiger partial charge in [0.2, 0.25) is 11.7 Å². The van der Waals surface area contributed by atoms with Crippen molar-refractivity contribution in [1.29, 1.82) is 0 Å². The number of thiophene rings is 1. The number of halogens is 2. The van der Waals surface area contributed by atoms with Gasteiger partial charge in [-0.1, -0.05) is 16.8 Å². The van der Waals surface area contributed by atoms with Gasteiger partial charge in [-0.2, -0.15) is 4.98 Å². The summed E-state index contributed by atoms with van der Waals surface area (Å²) < 4.78 is 44.8. The van der Waals surface area contributed by atoms with E-state index >= 15 is 0 Å². The summed E-state index contributed by atoms with van der Waals surface area (Å²) in [6.45, 7) is -0.161. The number of sulfonamides is 1. The van der Waals surface area contributed by atoms with Crippen LogP contribution in [0.15, 0.2) is 45.1 Å². The Hall–Kier alpha value is -1.81. The highest BCUT2D eigenvalue weighted by Gasteiger charge is 2.18. The zero-order valence-corrected chi connectivity index (χ0v) is 13.8. The molecule has 0 radical (unpaired) electrons. The minimum Gasteiger partial charge on any atom is -0.338 e. The third-order valence-corrected chi connectivity index (χ3v) is 5.92. The lowest BCUT2D eigenvalue weighted by molar-refractivity contribution is 0.376. The molecule has 0 saturated heterocycles. The lowest BCUT2D eigenvalue weighted by Crippen LogP contribution is -2.22. The van der Waals surface area contributed by atoms with Crippen molar-refractivity contribution in [3.05, 3.63) is 52.4 Å². The van der Waals surface area contributed by atoms with E-state index in [2.05, 4.69) is 14.9 Å². The topological polar surface area (TPSA) is 85.1 Å². The van der Waals surface area contributed by atoms with Gasteiger partial charge in [0.05, 0.1) is 10.9 Å². The highest BCUT2D eigenvalue weighted by molar-refractivity contribution is 7.91. The summed E-state index contributed by atoms with van der Waals surface area (Å²) in [7, 11) is -3.69. The molecule has 0 aliphatic carbocycles. The Kier molecular flexibility index (Phi) is 4.44. The van der Waals surface area contributed by atoms with Gasteiger partial charge in [-0.15, -0.1) is 11.3 Å².